The molecule has 0 saturated carbocycles. The number of nitrogens with zero attached hydrogens (tertiary/aromatic N) is 1. The van der Waals surface area contributed by atoms with Gasteiger partial charge in [-0.3, -0.25) is 4.90 Å². The molecule has 3 heteroatoms. The monoisotopic (exact) mass is 367 g/mol. The van der Waals surface area contributed by atoms with Crippen LogP contribution in [-0.4, -0.2) is 43.8 Å². The fourth-order valence-electron chi connectivity index (χ4n) is 4.09. The molecule has 3 nitrogen and oxygen atoms in total. The first-order valence-corrected chi connectivity index (χ1v) is 12.1. The molecule has 1 unspecified atom stereocenters. The third-order valence-corrected chi connectivity index (χ3v) is 5.78. The minimum Gasteiger partial charge on any atom is -0.313 e. The van der Waals surface area contributed by atoms with Gasteiger partial charge in [0.2, 0.25) is 0 Å². The van der Waals surface area contributed by atoms with Crippen LogP contribution in [0.1, 0.15) is 110 Å². The summed E-state index contributed by atoms with van der Waals surface area (Å²) < 4.78 is 0. The molecule has 1 rings (SSSR count). The first-order chi connectivity index (χ1) is 12.9. The molecule has 0 aromatic carbocycles. The van der Waals surface area contributed by atoms with Crippen molar-refractivity contribution in [3.05, 3.63) is 0 Å². The number of unbranched alkanes of at least 4 members (excludes halogenated alkanes) is 13. The van der Waals surface area contributed by atoms with Crippen molar-refractivity contribution in [3.8, 4) is 0 Å². The van der Waals surface area contributed by atoms with E-state index in [1.807, 2.05) is 0 Å². The van der Waals surface area contributed by atoms with E-state index in [-0.39, 0.29) is 0 Å². The highest BCUT2D eigenvalue weighted by Crippen LogP contribution is 2.13. The third kappa shape index (κ3) is 13.1. The normalized spacial score (nSPS) is 18.5. The van der Waals surface area contributed by atoms with E-state index >= 15 is 0 Å². The van der Waals surface area contributed by atoms with Crippen LogP contribution < -0.4 is 10.6 Å². The fourth-order valence-corrected chi connectivity index (χ4v) is 4.09. The van der Waals surface area contributed by atoms with Crippen LogP contribution >= 0.6 is 0 Å². The molecule has 1 atom stereocenters. The predicted molar refractivity (Wildman–Crippen MR) is 117 cm³/mol. The van der Waals surface area contributed by atoms with Gasteiger partial charge in [-0.15, -0.1) is 0 Å². The van der Waals surface area contributed by atoms with E-state index in [4.69, 9.17) is 0 Å². The molecule has 1 aliphatic heterocycles. The fraction of sp³-hybridized carbons (Fsp3) is 1.00. The Hall–Kier alpha value is -0.120. The lowest BCUT2D eigenvalue weighted by Crippen LogP contribution is -2.58. The maximum atomic E-state index is 3.76. The van der Waals surface area contributed by atoms with Crippen LogP contribution in [0.4, 0.5) is 0 Å². The zero-order chi connectivity index (χ0) is 18.7. The Morgan fingerprint density at radius 1 is 0.731 bits per heavy atom. The zero-order valence-electron chi connectivity index (χ0n) is 18.2. The summed E-state index contributed by atoms with van der Waals surface area (Å²) in [5.41, 5.74) is 0. The van der Waals surface area contributed by atoms with Crippen molar-refractivity contribution in [2.24, 2.45) is 0 Å². The van der Waals surface area contributed by atoms with Crippen LogP contribution in [0.25, 0.3) is 0 Å². The topological polar surface area (TPSA) is 27.3 Å². The van der Waals surface area contributed by atoms with E-state index < -0.39 is 0 Å². The molecule has 26 heavy (non-hydrogen) atoms. The van der Waals surface area contributed by atoms with Gasteiger partial charge in [0, 0.05) is 19.6 Å². The lowest BCUT2D eigenvalue weighted by molar-refractivity contribution is 0.133. The van der Waals surface area contributed by atoms with Gasteiger partial charge in [-0.2, -0.15) is 0 Å². The second kappa shape index (κ2) is 18.3. The Morgan fingerprint density at radius 2 is 1.27 bits per heavy atom. The van der Waals surface area contributed by atoms with Crippen LogP contribution in [-0.2, 0) is 0 Å². The van der Waals surface area contributed by atoms with E-state index in [1.165, 1.54) is 116 Å². The van der Waals surface area contributed by atoms with E-state index in [0.717, 1.165) is 13.1 Å². The van der Waals surface area contributed by atoms with E-state index in [9.17, 15) is 0 Å². The van der Waals surface area contributed by atoms with Gasteiger partial charge in [0.1, 0.15) is 0 Å². The molecule has 0 aromatic rings. The van der Waals surface area contributed by atoms with Crippen molar-refractivity contribution in [1.29, 1.82) is 0 Å². The van der Waals surface area contributed by atoms with Crippen LogP contribution in [0.3, 0.4) is 0 Å². The number of rotatable bonds is 18. The van der Waals surface area contributed by atoms with E-state index in [0.29, 0.717) is 6.17 Å². The van der Waals surface area contributed by atoms with Crippen molar-refractivity contribution < 1.29 is 0 Å². The first kappa shape index (κ1) is 23.9. The van der Waals surface area contributed by atoms with Gasteiger partial charge in [0.05, 0.1) is 6.17 Å². The summed E-state index contributed by atoms with van der Waals surface area (Å²) in [5, 5.41) is 7.28. The largest absolute Gasteiger partial charge is 0.313 e. The second-order valence-electron chi connectivity index (χ2n) is 8.31. The molecule has 2 N–H and O–H groups in total. The average Bonchev–Trinajstić information content (AvgIpc) is 2.66. The summed E-state index contributed by atoms with van der Waals surface area (Å²) in [6, 6.07) is 0. The molecular formula is C23H49N3. The Bertz CT molecular complexity index is 281. The van der Waals surface area contributed by atoms with Gasteiger partial charge >= 0.3 is 0 Å². The second-order valence-corrected chi connectivity index (χ2v) is 8.31. The molecule has 1 aliphatic rings. The summed E-state index contributed by atoms with van der Waals surface area (Å²) in [7, 11) is 0. The van der Waals surface area contributed by atoms with E-state index in [2.05, 4.69) is 29.4 Å². The minimum atomic E-state index is 0.561. The van der Waals surface area contributed by atoms with E-state index in [1.54, 1.807) is 0 Å². The van der Waals surface area contributed by atoms with Crippen molar-refractivity contribution >= 4 is 0 Å². The van der Waals surface area contributed by atoms with Gasteiger partial charge in [0.15, 0.2) is 0 Å². The molecule has 0 radical (unpaired) electrons. The van der Waals surface area contributed by atoms with Crippen molar-refractivity contribution in [1.82, 2.24) is 15.5 Å². The van der Waals surface area contributed by atoms with Crippen molar-refractivity contribution in [2.75, 3.05) is 32.7 Å². The number of piperazine rings is 1. The lowest BCUT2D eigenvalue weighted by Gasteiger charge is -2.36. The van der Waals surface area contributed by atoms with Gasteiger partial charge < -0.3 is 10.6 Å². The summed E-state index contributed by atoms with van der Waals surface area (Å²) in [6.45, 7) is 10.5. The molecule has 0 bridgehead atoms. The molecule has 0 amide bonds. The first-order valence-electron chi connectivity index (χ1n) is 12.1. The number of nitrogens with one attached hydrogen (secondary N) is 2. The smallest absolute Gasteiger partial charge is 0.0726 e. The Balaban J connectivity index is 1.79. The van der Waals surface area contributed by atoms with Crippen molar-refractivity contribution in [3.63, 3.8) is 0 Å². The number of hydrogen-bond acceptors (Lipinski definition) is 3. The molecule has 0 spiro atoms. The Kier molecular flexibility index (Phi) is 16.8. The summed E-state index contributed by atoms with van der Waals surface area (Å²) in [4.78, 5) is 2.61. The van der Waals surface area contributed by atoms with Gasteiger partial charge in [-0.25, -0.2) is 0 Å². The molecule has 1 saturated heterocycles. The molecule has 1 heterocycles. The maximum absolute atomic E-state index is 3.76. The lowest BCUT2D eigenvalue weighted by atomic mass is 10.0. The van der Waals surface area contributed by atoms with Crippen molar-refractivity contribution in [2.45, 2.75) is 116 Å². The Labute approximate surface area is 165 Å². The average molecular weight is 368 g/mol. The molecule has 156 valence electrons. The quantitative estimate of drug-likeness (QED) is 0.304. The van der Waals surface area contributed by atoms with Gasteiger partial charge in [-0.05, 0) is 25.9 Å². The molecular weight excluding hydrogens is 318 g/mol. The highest BCUT2D eigenvalue weighted by atomic mass is 15.3. The molecule has 0 aliphatic carbocycles. The van der Waals surface area contributed by atoms with Gasteiger partial charge in [0.25, 0.3) is 0 Å². The van der Waals surface area contributed by atoms with Crippen LogP contribution in [0, 0.1) is 0 Å². The number of hydrogen-bond donors (Lipinski definition) is 2. The summed E-state index contributed by atoms with van der Waals surface area (Å²) in [5.74, 6) is 0. The van der Waals surface area contributed by atoms with Crippen LogP contribution in [0.5, 0.6) is 0 Å². The maximum Gasteiger partial charge on any atom is 0.0726 e. The highest BCUT2D eigenvalue weighted by Gasteiger charge is 2.19. The predicted octanol–water partition coefficient (Wildman–Crippen LogP) is 5.70. The van der Waals surface area contributed by atoms with Crippen LogP contribution in [0.15, 0.2) is 0 Å². The zero-order valence-corrected chi connectivity index (χ0v) is 18.2. The minimum absolute atomic E-state index is 0.561. The van der Waals surface area contributed by atoms with Crippen LogP contribution in [0.2, 0.25) is 0 Å². The molecule has 1 fully saturated rings. The highest BCUT2D eigenvalue weighted by molar-refractivity contribution is 4.77. The summed E-state index contributed by atoms with van der Waals surface area (Å²) in [6.07, 6.45) is 22.0. The Morgan fingerprint density at radius 3 is 1.81 bits per heavy atom. The SMILES string of the molecule is CCCCCCCCCCCCCCCCNC1CNCCN1CCC. The standard InChI is InChI=1S/C23H49N3/c1-3-5-6-7-8-9-10-11-12-13-14-15-16-17-18-25-23-22-24-19-21-26(23)20-4-2/h23-25H,3-22H2,1-2H3. The third-order valence-electron chi connectivity index (χ3n) is 5.78. The van der Waals surface area contributed by atoms with Gasteiger partial charge in [-0.1, -0.05) is 97.3 Å². The molecule has 0 aromatic heterocycles. The summed E-state index contributed by atoms with van der Waals surface area (Å²) >= 11 is 0.